The Labute approximate surface area is 130 Å². The lowest BCUT2D eigenvalue weighted by molar-refractivity contribution is -0.115. The third-order valence-corrected chi connectivity index (χ3v) is 3.95. The molecule has 112 valence electrons. The highest BCUT2D eigenvalue weighted by Gasteiger charge is 2.11. The van der Waals surface area contributed by atoms with Gasteiger partial charge in [-0.25, -0.2) is 0 Å². The van der Waals surface area contributed by atoms with Crippen molar-refractivity contribution in [3.8, 4) is 0 Å². The fourth-order valence-corrected chi connectivity index (χ4v) is 2.53. The molecule has 0 saturated heterocycles. The molecule has 2 aromatic carbocycles. The van der Waals surface area contributed by atoms with E-state index in [1.807, 2.05) is 44.2 Å². The lowest BCUT2D eigenvalue weighted by Gasteiger charge is -2.07. The van der Waals surface area contributed by atoms with Gasteiger partial charge in [0, 0.05) is 16.6 Å². The van der Waals surface area contributed by atoms with Gasteiger partial charge in [-0.1, -0.05) is 17.7 Å². The Morgan fingerprint density at radius 3 is 2.64 bits per heavy atom. The molecule has 0 fully saturated rings. The second-order valence-electron chi connectivity index (χ2n) is 5.78. The molecule has 1 aromatic heterocycles. The number of nitrogens with one attached hydrogen (secondary N) is 1. The van der Waals surface area contributed by atoms with E-state index in [4.69, 9.17) is 4.42 Å². The Balaban J connectivity index is 1.78. The minimum atomic E-state index is -0.0348. The third kappa shape index (κ3) is 2.89. The molecule has 0 spiro atoms. The Hall–Kier alpha value is -2.55. The number of aryl methyl sites for hydroxylation is 3. The normalized spacial score (nSPS) is 10.9. The van der Waals surface area contributed by atoms with Crippen LogP contribution < -0.4 is 5.32 Å². The van der Waals surface area contributed by atoms with E-state index in [9.17, 15) is 4.79 Å². The summed E-state index contributed by atoms with van der Waals surface area (Å²) in [5.41, 5.74) is 6.11. The summed E-state index contributed by atoms with van der Waals surface area (Å²) in [5.74, 6) is -0.0348. The summed E-state index contributed by atoms with van der Waals surface area (Å²) in [6.45, 7) is 6.13. The number of furan rings is 1. The van der Waals surface area contributed by atoms with Crippen molar-refractivity contribution in [2.75, 3.05) is 5.32 Å². The van der Waals surface area contributed by atoms with Gasteiger partial charge in [-0.2, -0.15) is 0 Å². The molecular formula is C19H19NO2. The molecule has 0 saturated carbocycles. The second kappa shape index (κ2) is 5.68. The smallest absolute Gasteiger partial charge is 0.228 e. The second-order valence-corrected chi connectivity index (χ2v) is 5.78. The first-order chi connectivity index (χ1) is 10.5. The minimum Gasteiger partial charge on any atom is -0.464 e. The Morgan fingerprint density at radius 2 is 1.86 bits per heavy atom. The van der Waals surface area contributed by atoms with Gasteiger partial charge in [0.25, 0.3) is 0 Å². The molecule has 1 heterocycles. The first-order valence-electron chi connectivity index (χ1n) is 7.37. The molecular weight excluding hydrogens is 274 g/mol. The van der Waals surface area contributed by atoms with E-state index >= 15 is 0 Å². The summed E-state index contributed by atoms with van der Waals surface area (Å²) in [7, 11) is 0. The molecule has 0 unspecified atom stereocenters. The predicted octanol–water partition coefficient (Wildman–Crippen LogP) is 4.54. The predicted molar refractivity (Wildman–Crippen MR) is 89.2 cm³/mol. The van der Waals surface area contributed by atoms with Crippen molar-refractivity contribution in [2.45, 2.75) is 27.2 Å². The Kier molecular flexibility index (Phi) is 3.72. The maximum absolute atomic E-state index is 12.3. The first kappa shape index (κ1) is 14.4. The monoisotopic (exact) mass is 293 g/mol. The third-order valence-electron chi connectivity index (χ3n) is 3.95. The number of anilines is 1. The SMILES string of the molecule is Cc1ccc2occ(CC(=O)Nc3ccc(C)c(C)c3)c2c1. The number of amides is 1. The zero-order valence-electron chi connectivity index (χ0n) is 13.1. The van der Waals surface area contributed by atoms with E-state index in [1.54, 1.807) is 6.26 Å². The summed E-state index contributed by atoms with van der Waals surface area (Å²) in [6, 6.07) is 11.9. The van der Waals surface area contributed by atoms with Crippen molar-refractivity contribution in [3.05, 3.63) is 64.9 Å². The molecule has 3 rings (SSSR count). The highest BCUT2D eigenvalue weighted by atomic mass is 16.3. The highest BCUT2D eigenvalue weighted by molar-refractivity contribution is 5.95. The summed E-state index contributed by atoms with van der Waals surface area (Å²) in [4.78, 5) is 12.3. The lowest BCUT2D eigenvalue weighted by atomic mass is 10.1. The lowest BCUT2D eigenvalue weighted by Crippen LogP contribution is -2.14. The van der Waals surface area contributed by atoms with Crippen molar-refractivity contribution in [3.63, 3.8) is 0 Å². The van der Waals surface area contributed by atoms with Crippen LogP contribution in [-0.4, -0.2) is 5.91 Å². The minimum absolute atomic E-state index is 0.0348. The van der Waals surface area contributed by atoms with Crippen LogP contribution in [0.1, 0.15) is 22.3 Å². The number of hydrogen-bond acceptors (Lipinski definition) is 2. The van der Waals surface area contributed by atoms with Crippen LogP contribution in [0.4, 0.5) is 5.69 Å². The molecule has 0 bridgehead atoms. The van der Waals surface area contributed by atoms with Gasteiger partial charge in [0.2, 0.25) is 5.91 Å². The Morgan fingerprint density at radius 1 is 1.05 bits per heavy atom. The van der Waals surface area contributed by atoms with Gasteiger partial charge in [-0.15, -0.1) is 0 Å². The molecule has 1 amide bonds. The molecule has 0 aliphatic carbocycles. The number of carbonyl (C=O) groups is 1. The van der Waals surface area contributed by atoms with Crippen molar-refractivity contribution in [1.29, 1.82) is 0 Å². The van der Waals surface area contributed by atoms with Gasteiger partial charge < -0.3 is 9.73 Å². The zero-order chi connectivity index (χ0) is 15.7. The fourth-order valence-electron chi connectivity index (χ4n) is 2.53. The quantitative estimate of drug-likeness (QED) is 0.770. The van der Waals surface area contributed by atoms with E-state index in [0.29, 0.717) is 6.42 Å². The van der Waals surface area contributed by atoms with Gasteiger partial charge in [-0.05, 0) is 56.2 Å². The highest BCUT2D eigenvalue weighted by Crippen LogP contribution is 2.23. The van der Waals surface area contributed by atoms with E-state index in [-0.39, 0.29) is 5.91 Å². The van der Waals surface area contributed by atoms with Crippen molar-refractivity contribution < 1.29 is 9.21 Å². The van der Waals surface area contributed by atoms with Crippen LogP contribution in [0.2, 0.25) is 0 Å². The Bertz CT molecular complexity index is 846. The van der Waals surface area contributed by atoms with Gasteiger partial charge >= 0.3 is 0 Å². The molecule has 0 aliphatic heterocycles. The van der Waals surface area contributed by atoms with Crippen LogP contribution in [0, 0.1) is 20.8 Å². The van der Waals surface area contributed by atoms with Gasteiger partial charge in [0.1, 0.15) is 5.58 Å². The average Bonchev–Trinajstić information content (AvgIpc) is 2.85. The van der Waals surface area contributed by atoms with E-state index in [2.05, 4.69) is 18.3 Å². The number of hydrogen-bond donors (Lipinski definition) is 1. The molecule has 0 radical (unpaired) electrons. The van der Waals surface area contributed by atoms with Gasteiger partial charge in [-0.3, -0.25) is 4.79 Å². The van der Waals surface area contributed by atoms with Crippen molar-refractivity contribution >= 4 is 22.6 Å². The maximum atomic E-state index is 12.3. The number of carbonyl (C=O) groups excluding carboxylic acids is 1. The van der Waals surface area contributed by atoms with Crippen LogP contribution >= 0.6 is 0 Å². The number of rotatable bonds is 3. The van der Waals surface area contributed by atoms with Crippen LogP contribution in [0.5, 0.6) is 0 Å². The van der Waals surface area contributed by atoms with E-state index in [1.165, 1.54) is 11.1 Å². The van der Waals surface area contributed by atoms with Gasteiger partial charge in [0.05, 0.1) is 12.7 Å². The molecule has 22 heavy (non-hydrogen) atoms. The summed E-state index contributed by atoms with van der Waals surface area (Å²) < 4.78 is 5.51. The fraction of sp³-hybridized carbons (Fsp3) is 0.211. The molecule has 1 N–H and O–H groups in total. The average molecular weight is 293 g/mol. The standard InChI is InChI=1S/C19H19NO2/c1-12-4-7-18-17(8-12)15(11-22-18)10-19(21)20-16-6-5-13(2)14(3)9-16/h4-9,11H,10H2,1-3H3,(H,20,21). The maximum Gasteiger partial charge on any atom is 0.228 e. The van der Waals surface area contributed by atoms with Crippen molar-refractivity contribution in [1.82, 2.24) is 0 Å². The largest absolute Gasteiger partial charge is 0.464 e. The molecule has 3 heteroatoms. The number of benzene rings is 2. The van der Waals surface area contributed by atoms with Gasteiger partial charge in [0.15, 0.2) is 0 Å². The molecule has 0 aliphatic rings. The van der Waals surface area contributed by atoms with Crippen LogP contribution in [0.3, 0.4) is 0 Å². The molecule has 0 atom stereocenters. The molecule has 3 aromatic rings. The zero-order valence-corrected chi connectivity index (χ0v) is 13.1. The van der Waals surface area contributed by atoms with Crippen LogP contribution in [-0.2, 0) is 11.2 Å². The van der Waals surface area contributed by atoms with E-state index < -0.39 is 0 Å². The summed E-state index contributed by atoms with van der Waals surface area (Å²) in [5, 5.41) is 3.96. The molecule has 3 nitrogen and oxygen atoms in total. The topological polar surface area (TPSA) is 42.2 Å². The number of fused-ring (bicyclic) bond motifs is 1. The summed E-state index contributed by atoms with van der Waals surface area (Å²) in [6.07, 6.45) is 1.98. The van der Waals surface area contributed by atoms with E-state index in [0.717, 1.165) is 27.8 Å². The summed E-state index contributed by atoms with van der Waals surface area (Å²) >= 11 is 0. The van der Waals surface area contributed by atoms with Crippen LogP contribution in [0.25, 0.3) is 11.0 Å². The first-order valence-corrected chi connectivity index (χ1v) is 7.37. The van der Waals surface area contributed by atoms with Crippen molar-refractivity contribution in [2.24, 2.45) is 0 Å². The van der Waals surface area contributed by atoms with Crippen LogP contribution in [0.15, 0.2) is 47.1 Å².